The van der Waals surface area contributed by atoms with E-state index in [-0.39, 0.29) is 0 Å². The molecular formula is C59H96N4O46. The predicted octanol–water partition coefficient (Wildman–Crippen LogP) is -19.1. The molecule has 7 saturated heterocycles. The highest BCUT2D eigenvalue weighted by molar-refractivity contribution is 5.79. The van der Waals surface area contributed by atoms with Gasteiger partial charge in [0.15, 0.2) is 25.2 Å². The first-order valence-electron chi connectivity index (χ1n) is 33.7. The molecule has 0 radical (unpaired) electrons. The van der Waals surface area contributed by atoms with Crippen LogP contribution in [0.2, 0.25) is 0 Å². The van der Waals surface area contributed by atoms with Gasteiger partial charge in [-0.2, -0.15) is 0 Å². The molecule has 0 saturated carbocycles. The maximum atomic E-state index is 14.2. The largest absolute Gasteiger partial charge is 0.477 e. The highest BCUT2D eigenvalue weighted by atomic mass is 16.8. The van der Waals surface area contributed by atoms with Gasteiger partial charge in [-0.25, -0.2) is 14.4 Å². The van der Waals surface area contributed by atoms with Crippen molar-refractivity contribution >= 4 is 41.5 Å². The van der Waals surface area contributed by atoms with Crippen LogP contribution in [0.4, 0.5) is 0 Å². The molecule has 0 aromatic carbocycles. The van der Waals surface area contributed by atoms with Crippen LogP contribution >= 0.6 is 0 Å². The van der Waals surface area contributed by atoms with E-state index in [1.54, 1.807) is 0 Å². The van der Waals surface area contributed by atoms with Gasteiger partial charge in [0.05, 0.1) is 82.7 Å². The molecule has 7 aliphatic heterocycles. The number of rotatable bonds is 33. The fourth-order valence-corrected chi connectivity index (χ4v) is 13.7. The molecule has 7 heterocycles. The van der Waals surface area contributed by atoms with Crippen molar-refractivity contribution in [3.8, 4) is 0 Å². The lowest BCUT2D eigenvalue weighted by Gasteiger charge is -2.53. The smallest absolute Gasteiger partial charge is 0.364 e. The molecule has 7 fully saturated rings. The minimum atomic E-state index is -3.78. The van der Waals surface area contributed by atoms with E-state index >= 15 is 0 Å². The Bertz CT molecular complexity index is 3030. The third kappa shape index (κ3) is 19.8. The van der Waals surface area contributed by atoms with Gasteiger partial charge in [-0.1, -0.05) is 0 Å². The highest BCUT2D eigenvalue weighted by Gasteiger charge is 2.65. The predicted molar refractivity (Wildman–Crippen MR) is 331 cm³/mol. The SMILES string of the molecule is CC(=O)N[C@H]1[C@H](O[C@@H]2[C@H](O[C@]3(C(=O)O)C[C@H](O)[C@@H](NC(C)=O)[C@H]([C@H](O)[C@@H](CO)O[C@]4(C(=O)O)C[C@H](O)[C@@H](NC(C)=O)[C@H]([C@H](O)[C@@H](CO)O[C@]5(C(=O)O)C[C@H](O)[C@@H](NC(=O)CO)[C@H]([C@H](O)[C@H](O)CO)O5)O4)O3)[C@@H](O)[C@H](O[C@H]3[C@H](O)[C@@H](O)C(O)O[C@@H]3CO)O[C@@H]2CO)O[C@H](CO)[C@H](O)[C@@H]1O[C@@H]1O[C@H](CO)[C@H](O)[C@H](O)[C@H]1O. The highest BCUT2D eigenvalue weighted by Crippen LogP contribution is 2.44. The second kappa shape index (κ2) is 38.3. The van der Waals surface area contributed by atoms with E-state index in [1.807, 2.05) is 5.32 Å². The summed E-state index contributed by atoms with van der Waals surface area (Å²) in [6.45, 7) is -8.34. The quantitative estimate of drug-likeness (QED) is 0.0290. The number of carboxylic acid groups (broad SMARTS) is 3. The Balaban J connectivity index is 1.30. The van der Waals surface area contributed by atoms with Crippen LogP contribution in [0.3, 0.4) is 0 Å². The van der Waals surface area contributed by atoms with Crippen molar-refractivity contribution in [2.45, 2.75) is 272 Å². The second-order valence-corrected chi connectivity index (χ2v) is 26.8. The Morgan fingerprint density at radius 2 is 0.780 bits per heavy atom. The lowest BCUT2D eigenvalue weighted by molar-refractivity contribution is -0.403. The third-order valence-corrected chi connectivity index (χ3v) is 19.2. The Morgan fingerprint density at radius 3 is 1.22 bits per heavy atom. The molecule has 30 N–H and O–H groups in total. The number of aliphatic hydroxyl groups is 23. The second-order valence-electron chi connectivity index (χ2n) is 26.8. The molecule has 38 atom stereocenters. The van der Waals surface area contributed by atoms with Gasteiger partial charge < -0.3 is 216 Å². The number of hydrogen-bond acceptors (Lipinski definition) is 43. The normalized spacial score (nSPS) is 43.1. The van der Waals surface area contributed by atoms with Gasteiger partial charge in [0.2, 0.25) is 23.6 Å². The van der Waals surface area contributed by atoms with Crippen molar-refractivity contribution in [1.82, 2.24) is 21.3 Å². The first kappa shape index (κ1) is 91.0. The molecule has 0 bridgehead atoms. The van der Waals surface area contributed by atoms with Gasteiger partial charge in [-0.15, -0.1) is 0 Å². The molecular weight excluding hydrogens is 1500 g/mol. The van der Waals surface area contributed by atoms with E-state index in [0.29, 0.717) is 0 Å². The zero-order valence-corrected chi connectivity index (χ0v) is 57.8. The lowest BCUT2D eigenvalue weighted by Crippen LogP contribution is -2.73. The summed E-state index contributed by atoms with van der Waals surface area (Å²) in [5, 5.41) is 294. The maximum absolute atomic E-state index is 14.2. The summed E-state index contributed by atoms with van der Waals surface area (Å²) in [5.41, 5.74) is 0. The summed E-state index contributed by atoms with van der Waals surface area (Å²) in [6.07, 6.45) is -77.6. The topological polar surface area (TPSA) is 814 Å². The first-order valence-corrected chi connectivity index (χ1v) is 33.7. The summed E-state index contributed by atoms with van der Waals surface area (Å²) in [5.74, 6) is -22.7. The molecule has 4 amide bonds. The zero-order chi connectivity index (χ0) is 81.5. The number of amides is 4. The zero-order valence-electron chi connectivity index (χ0n) is 57.8. The number of nitrogens with one attached hydrogen (secondary N) is 4. The number of ether oxygens (including phenoxy) is 13. The van der Waals surface area contributed by atoms with Crippen LogP contribution in [0.15, 0.2) is 0 Å². The lowest BCUT2D eigenvalue weighted by atomic mass is 9.86. The van der Waals surface area contributed by atoms with Gasteiger partial charge in [-0.05, 0) is 0 Å². The molecule has 7 rings (SSSR count). The molecule has 1 unspecified atom stereocenters. The van der Waals surface area contributed by atoms with E-state index < -0.39 is 345 Å². The standard InChI is InChI=1S/C59H96N4O46/c1-15(72)60-29-18(75)4-58(55(93)94,107-47(29)36(83)24(10-67)104-57(54(91)92)5-20(77)31(63-28(79)14-71)46(106-57)33(80)21(78)7-64)105-25(11-68)37(84)48-30(61-16(2)73)19(76)6-59(108-48,56(95)96)109-49-42(89)53(101-43-26(12-69)97-50(90)40(87)39(43)86)100-27(13-70)44(49)102-51-32(62-17(3)74)45(35(82)23(9-66)98-51)103-52-41(88)38(85)34(81)22(8-65)99-52/h18-27,29-53,64-71,75-78,80-90H,4-14H2,1-3H3,(H,60,72)(H,61,73)(H,62,74)(H,63,79)(H,91,92)(H,93,94)(H,95,96)/t18-,19-,20-,21+,22+,23+,24+,25+,26+,27+,29+,30+,31+,32+,33+,34-,35-,36+,37+,38-,39+,40+,41+,42+,43+,44-,45+,46+,47+,48+,49+,50?,51-,52-,53-,57+,58+,59-/m0/s1. The molecule has 50 heteroatoms. The molecule has 0 spiro atoms. The Kier molecular flexibility index (Phi) is 32.0. The van der Waals surface area contributed by atoms with E-state index in [4.69, 9.17) is 61.6 Å². The molecule has 109 heavy (non-hydrogen) atoms. The average molecular weight is 1600 g/mol. The molecule has 628 valence electrons. The minimum absolute atomic E-state index is 0.786. The van der Waals surface area contributed by atoms with E-state index in [1.165, 1.54) is 0 Å². The number of carboxylic acids is 3. The van der Waals surface area contributed by atoms with Crippen LogP contribution in [-0.2, 0) is 95.1 Å². The van der Waals surface area contributed by atoms with Crippen LogP contribution in [0.5, 0.6) is 0 Å². The molecule has 7 aliphatic rings. The Morgan fingerprint density at radius 1 is 0.394 bits per heavy atom. The van der Waals surface area contributed by atoms with E-state index in [2.05, 4.69) is 16.0 Å². The monoisotopic (exact) mass is 1600 g/mol. The van der Waals surface area contributed by atoms with Crippen molar-refractivity contribution in [2.75, 3.05) is 52.9 Å². The third-order valence-electron chi connectivity index (χ3n) is 19.2. The number of hydrogen-bond donors (Lipinski definition) is 30. The fraction of sp³-hybridized carbons (Fsp3) is 0.881. The number of aliphatic carboxylic acids is 3. The summed E-state index contributed by atoms with van der Waals surface area (Å²) in [4.78, 5) is 92.5. The van der Waals surface area contributed by atoms with Crippen molar-refractivity contribution in [2.24, 2.45) is 0 Å². The molecule has 0 aromatic rings. The summed E-state index contributed by atoms with van der Waals surface area (Å²) in [6, 6.07) is -8.40. The first-order chi connectivity index (χ1) is 51.1. The van der Waals surface area contributed by atoms with Crippen LogP contribution in [-0.4, -0.2) is 459 Å². The molecule has 0 aliphatic carbocycles. The van der Waals surface area contributed by atoms with Gasteiger partial charge in [0.1, 0.15) is 159 Å². The maximum Gasteiger partial charge on any atom is 0.364 e. The Labute approximate surface area is 613 Å². The van der Waals surface area contributed by atoms with Crippen LogP contribution in [0, 0.1) is 0 Å². The van der Waals surface area contributed by atoms with Gasteiger partial charge in [0.25, 0.3) is 17.4 Å². The van der Waals surface area contributed by atoms with E-state index in [9.17, 15) is 166 Å². The molecule has 50 nitrogen and oxygen atoms in total. The summed E-state index contributed by atoms with van der Waals surface area (Å²) >= 11 is 0. The number of carbonyl (C=O) groups excluding carboxylic acids is 4. The fourth-order valence-electron chi connectivity index (χ4n) is 13.7. The van der Waals surface area contributed by atoms with Crippen LogP contribution < -0.4 is 21.3 Å². The summed E-state index contributed by atoms with van der Waals surface area (Å²) in [7, 11) is 0. The van der Waals surface area contributed by atoms with Gasteiger partial charge in [-0.3, -0.25) is 19.2 Å². The number of aliphatic hydroxyl groups excluding tert-OH is 23. The van der Waals surface area contributed by atoms with Gasteiger partial charge in [0, 0.05) is 40.0 Å². The van der Waals surface area contributed by atoms with E-state index in [0.717, 1.165) is 20.8 Å². The van der Waals surface area contributed by atoms with Crippen LogP contribution in [0.1, 0.15) is 40.0 Å². The molecule has 0 aromatic heterocycles. The van der Waals surface area contributed by atoms with Crippen LogP contribution in [0.25, 0.3) is 0 Å². The average Bonchev–Trinajstić information content (AvgIpc) is 0.747. The summed E-state index contributed by atoms with van der Waals surface area (Å²) < 4.78 is 75.2. The Hall–Kier alpha value is -5.15. The number of carbonyl (C=O) groups is 7. The van der Waals surface area contributed by atoms with Crippen molar-refractivity contribution in [1.29, 1.82) is 0 Å². The van der Waals surface area contributed by atoms with Gasteiger partial charge >= 0.3 is 17.9 Å². The van der Waals surface area contributed by atoms with Crippen molar-refractivity contribution in [3.05, 3.63) is 0 Å². The van der Waals surface area contributed by atoms with Crippen molar-refractivity contribution in [3.63, 3.8) is 0 Å². The minimum Gasteiger partial charge on any atom is -0.477 e. The van der Waals surface area contributed by atoms with Crippen molar-refractivity contribution < 1.29 is 228 Å².